The van der Waals surface area contributed by atoms with Crippen molar-refractivity contribution in [3.63, 3.8) is 0 Å². The van der Waals surface area contributed by atoms with Gasteiger partial charge in [-0.2, -0.15) is 5.26 Å². The molecule has 1 aliphatic heterocycles. The Kier molecular flexibility index (Phi) is 0.952. The van der Waals surface area contributed by atoms with E-state index in [4.69, 9.17) is 5.26 Å². The van der Waals surface area contributed by atoms with E-state index in [-0.39, 0.29) is 6.04 Å². The van der Waals surface area contributed by atoms with Crippen LogP contribution in [0.1, 0.15) is 13.8 Å². The summed E-state index contributed by atoms with van der Waals surface area (Å²) in [6, 6.07) is 2.44. The summed E-state index contributed by atoms with van der Waals surface area (Å²) in [4.78, 5) is 0. The lowest BCUT2D eigenvalue weighted by molar-refractivity contribution is 0.442. The highest BCUT2D eigenvalue weighted by molar-refractivity contribution is 5.20. The molecule has 0 radical (unpaired) electrons. The molecule has 2 fully saturated rings. The number of piperidine rings is 1. The van der Waals surface area contributed by atoms with Crippen molar-refractivity contribution in [3.05, 3.63) is 0 Å². The maximum atomic E-state index is 8.68. The van der Waals surface area contributed by atoms with Gasteiger partial charge < -0.3 is 5.32 Å². The van der Waals surface area contributed by atoms with Crippen molar-refractivity contribution in [1.29, 1.82) is 5.26 Å². The van der Waals surface area contributed by atoms with Crippen LogP contribution in [0.4, 0.5) is 0 Å². The van der Waals surface area contributed by atoms with Crippen LogP contribution in [-0.2, 0) is 0 Å². The van der Waals surface area contributed by atoms with Crippen molar-refractivity contribution < 1.29 is 0 Å². The second-order valence-electron chi connectivity index (χ2n) is 3.97. The average Bonchev–Trinajstić information content (AvgIpc) is 2.28. The minimum atomic E-state index is 0.139. The number of hydrogen-bond donors (Lipinski definition) is 1. The Hall–Kier alpha value is -0.550. The molecule has 2 aliphatic rings. The standard InChI is InChI=1S/C8H12N2/c1-8(2)5-4-10-6(3-9)7(5)8/h5-7,10H,4H2,1-2H3/t5-,6?,7-/m0/s1. The molecule has 0 aromatic heterocycles. The number of nitriles is 1. The summed E-state index contributed by atoms with van der Waals surface area (Å²) in [5, 5.41) is 11.9. The molecule has 0 amide bonds. The molecule has 2 nitrogen and oxygen atoms in total. The Balaban J connectivity index is 2.16. The van der Waals surface area contributed by atoms with Crippen LogP contribution in [0.25, 0.3) is 0 Å². The fourth-order valence-corrected chi connectivity index (χ4v) is 2.35. The third-order valence-corrected chi connectivity index (χ3v) is 3.20. The van der Waals surface area contributed by atoms with Gasteiger partial charge in [0.2, 0.25) is 0 Å². The number of rotatable bonds is 0. The molecule has 10 heavy (non-hydrogen) atoms. The van der Waals surface area contributed by atoms with Crippen LogP contribution in [0.2, 0.25) is 0 Å². The second kappa shape index (κ2) is 1.54. The van der Waals surface area contributed by atoms with Gasteiger partial charge in [-0.15, -0.1) is 0 Å². The summed E-state index contributed by atoms with van der Waals surface area (Å²) in [5.41, 5.74) is 0.450. The van der Waals surface area contributed by atoms with Crippen molar-refractivity contribution in [1.82, 2.24) is 5.32 Å². The molecule has 1 saturated heterocycles. The lowest BCUT2D eigenvalue weighted by atomic mass is 10.0. The zero-order valence-corrected chi connectivity index (χ0v) is 6.39. The van der Waals surface area contributed by atoms with Crippen LogP contribution in [-0.4, -0.2) is 12.6 Å². The Morgan fingerprint density at radius 1 is 1.60 bits per heavy atom. The molecule has 1 saturated carbocycles. The normalized spacial score (nSPS) is 47.9. The van der Waals surface area contributed by atoms with Crippen LogP contribution in [0.3, 0.4) is 0 Å². The van der Waals surface area contributed by atoms with Gasteiger partial charge in [0.25, 0.3) is 0 Å². The van der Waals surface area contributed by atoms with E-state index in [2.05, 4.69) is 25.2 Å². The van der Waals surface area contributed by atoms with Gasteiger partial charge in [-0.1, -0.05) is 13.8 Å². The van der Waals surface area contributed by atoms with Crippen LogP contribution in [0.5, 0.6) is 0 Å². The van der Waals surface area contributed by atoms with Gasteiger partial charge >= 0.3 is 0 Å². The molecule has 3 atom stereocenters. The third-order valence-electron chi connectivity index (χ3n) is 3.20. The predicted molar refractivity (Wildman–Crippen MR) is 38.2 cm³/mol. The van der Waals surface area contributed by atoms with Crippen molar-refractivity contribution in [3.8, 4) is 6.07 Å². The summed E-state index contributed by atoms with van der Waals surface area (Å²) < 4.78 is 0. The zero-order chi connectivity index (χ0) is 7.35. The minimum Gasteiger partial charge on any atom is -0.301 e. The molecular formula is C8H12N2. The highest BCUT2D eigenvalue weighted by atomic mass is 15.0. The third kappa shape index (κ3) is 0.518. The lowest BCUT2D eigenvalue weighted by Crippen LogP contribution is -2.28. The molecule has 1 aliphatic carbocycles. The Morgan fingerprint density at radius 3 is 2.60 bits per heavy atom. The largest absolute Gasteiger partial charge is 0.301 e. The summed E-state index contributed by atoms with van der Waals surface area (Å²) in [6.07, 6.45) is 0. The molecule has 1 heterocycles. The smallest absolute Gasteiger partial charge is 0.0990 e. The molecule has 1 N–H and O–H groups in total. The highest BCUT2D eigenvalue weighted by Gasteiger charge is 2.64. The first kappa shape index (κ1) is 6.18. The summed E-state index contributed by atoms with van der Waals surface area (Å²) >= 11 is 0. The molecule has 2 heteroatoms. The molecule has 0 spiro atoms. The minimum absolute atomic E-state index is 0.139. The van der Waals surface area contributed by atoms with Crippen molar-refractivity contribution in [2.75, 3.05) is 6.54 Å². The van der Waals surface area contributed by atoms with E-state index in [9.17, 15) is 0 Å². The van der Waals surface area contributed by atoms with E-state index in [0.717, 1.165) is 12.5 Å². The van der Waals surface area contributed by atoms with Crippen LogP contribution in [0.15, 0.2) is 0 Å². The van der Waals surface area contributed by atoms with Gasteiger partial charge in [-0.25, -0.2) is 0 Å². The SMILES string of the molecule is CC1(C)[C@@H]2C(C#N)NC[C@@H]21. The monoisotopic (exact) mass is 136 g/mol. The van der Waals surface area contributed by atoms with Crippen LogP contribution >= 0.6 is 0 Å². The summed E-state index contributed by atoms with van der Waals surface area (Å²) in [5.74, 6) is 1.41. The van der Waals surface area contributed by atoms with E-state index < -0.39 is 0 Å². The van der Waals surface area contributed by atoms with Gasteiger partial charge in [0, 0.05) is 6.54 Å². The number of hydrogen-bond acceptors (Lipinski definition) is 2. The van der Waals surface area contributed by atoms with Gasteiger partial charge in [-0.05, 0) is 17.3 Å². The molecule has 1 unspecified atom stereocenters. The molecule has 0 bridgehead atoms. The van der Waals surface area contributed by atoms with E-state index in [0.29, 0.717) is 11.3 Å². The number of nitrogens with zero attached hydrogens (tertiary/aromatic N) is 1. The van der Waals surface area contributed by atoms with Crippen LogP contribution in [0, 0.1) is 28.6 Å². The molecule has 0 aromatic carbocycles. The Bertz CT molecular complexity index is 202. The number of fused-ring (bicyclic) bond motifs is 1. The van der Waals surface area contributed by atoms with Gasteiger partial charge in [0.15, 0.2) is 0 Å². The zero-order valence-electron chi connectivity index (χ0n) is 6.39. The Morgan fingerprint density at radius 2 is 2.30 bits per heavy atom. The van der Waals surface area contributed by atoms with Crippen molar-refractivity contribution in [2.24, 2.45) is 17.3 Å². The van der Waals surface area contributed by atoms with Crippen LogP contribution < -0.4 is 5.32 Å². The topological polar surface area (TPSA) is 35.8 Å². The maximum absolute atomic E-state index is 8.68. The maximum Gasteiger partial charge on any atom is 0.0990 e. The highest BCUT2D eigenvalue weighted by Crippen LogP contribution is 2.62. The first-order chi connectivity index (χ1) is 4.68. The quantitative estimate of drug-likeness (QED) is 0.533. The van der Waals surface area contributed by atoms with Gasteiger partial charge in [0.05, 0.1) is 12.1 Å². The van der Waals surface area contributed by atoms with E-state index in [1.54, 1.807) is 0 Å². The Labute approximate surface area is 61.2 Å². The fraction of sp³-hybridized carbons (Fsp3) is 0.875. The first-order valence-corrected chi connectivity index (χ1v) is 3.81. The van der Waals surface area contributed by atoms with Crippen molar-refractivity contribution in [2.45, 2.75) is 19.9 Å². The molecular weight excluding hydrogens is 124 g/mol. The summed E-state index contributed by atoms with van der Waals surface area (Å²) in [7, 11) is 0. The van der Waals surface area contributed by atoms with E-state index in [1.165, 1.54) is 0 Å². The molecule has 0 aromatic rings. The fourth-order valence-electron chi connectivity index (χ4n) is 2.35. The number of nitrogens with one attached hydrogen (secondary N) is 1. The first-order valence-electron chi connectivity index (χ1n) is 3.81. The average molecular weight is 136 g/mol. The van der Waals surface area contributed by atoms with E-state index in [1.807, 2.05) is 0 Å². The predicted octanol–water partition coefficient (Wildman–Crippen LogP) is 0.754. The second-order valence-corrected chi connectivity index (χ2v) is 3.97. The van der Waals surface area contributed by atoms with Crippen molar-refractivity contribution >= 4 is 0 Å². The molecule has 2 rings (SSSR count). The summed E-state index contributed by atoms with van der Waals surface area (Å²) in [6.45, 7) is 5.57. The molecule has 54 valence electrons. The lowest BCUT2D eigenvalue weighted by Gasteiger charge is -2.11. The van der Waals surface area contributed by atoms with Gasteiger partial charge in [0.1, 0.15) is 0 Å². The van der Waals surface area contributed by atoms with E-state index >= 15 is 0 Å². The van der Waals surface area contributed by atoms with Gasteiger partial charge in [-0.3, -0.25) is 0 Å².